The molecule has 7 nitrogen and oxygen atoms in total. The number of pyridine rings is 1. The maximum Gasteiger partial charge on any atom is 0.246 e. The molecule has 2 aromatic rings. The first-order valence-electron chi connectivity index (χ1n) is 10.3. The summed E-state index contributed by atoms with van der Waals surface area (Å²) in [5.74, 6) is -0.380. The number of carbonyl (C=O) groups excluding carboxylic acids is 2. The number of unbranched alkanes of at least 4 members (excludes halogenated alkanes) is 1. The predicted octanol–water partition coefficient (Wildman–Crippen LogP) is 2.70. The van der Waals surface area contributed by atoms with Gasteiger partial charge < -0.3 is 21.3 Å². The lowest BCUT2D eigenvalue weighted by Crippen LogP contribution is -2.42. The van der Waals surface area contributed by atoms with Crippen LogP contribution in [0.2, 0.25) is 5.02 Å². The molecule has 2 amide bonds. The van der Waals surface area contributed by atoms with E-state index in [0.29, 0.717) is 24.7 Å². The summed E-state index contributed by atoms with van der Waals surface area (Å²) >= 11 is 6.02. The third-order valence-electron chi connectivity index (χ3n) is 5.15. The van der Waals surface area contributed by atoms with Gasteiger partial charge in [-0.3, -0.25) is 14.6 Å². The molecule has 1 aliphatic heterocycles. The van der Waals surface area contributed by atoms with E-state index >= 15 is 0 Å². The second kappa shape index (κ2) is 10.9. The maximum atomic E-state index is 12.1. The first-order valence-corrected chi connectivity index (χ1v) is 10.7. The molecule has 2 heterocycles. The van der Waals surface area contributed by atoms with E-state index in [4.69, 9.17) is 17.3 Å². The molecule has 160 valence electrons. The standard InChI is InChI=1S/C22H28ClN5O2/c23-16-3-4-18-19(7-12-26-20(18)15-16)25-10-1-2-11-27-21(29)5-6-22(30)28-13-8-17(24)9-14-28/h3-7,12,15,17H,1-2,8-11,13-14,24H2,(H,25,26)(H,27,29)/b6-5+. The number of likely N-dealkylation sites (tertiary alicyclic amines) is 1. The Morgan fingerprint density at radius 1 is 1.17 bits per heavy atom. The van der Waals surface area contributed by atoms with Crippen molar-refractivity contribution in [1.29, 1.82) is 0 Å². The van der Waals surface area contributed by atoms with E-state index in [0.717, 1.165) is 48.8 Å². The van der Waals surface area contributed by atoms with Crippen LogP contribution in [0.4, 0.5) is 5.69 Å². The van der Waals surface area contributed by atoms with Crippen LogP contribution < -0.4 is 16.4 Å². The number of hydrogen-bond acceptors (Lipinski definition) is 5. The van der Waals surface area contributed by atoms with Crippen molar-refractivity contribution < 1.29 is 9.59 Å². The minimum atomic E-state index is -0.248. The number of carbonyl (C=O) groups is 2. The largest absolute Gasteiger partial charge is 0.384 e. The molecule has 0 aliphatic carbocycles. The number of aromatic nitrogens is 1. The highest BCUT2D eigenvalue weighted by atomic mass is 35.5. The van der Waals surface area contributed by atoms with Crippen LogP contribution in [-0.4, -0.2) is 53.9 Å². The summed E-state index contributed by atoms with van der Waals surface area (Å²) in [4.78, 5) is 30.0. The topological polar surface area (TPSA) is 100 Å². The summed E-state index contributed by atoms with van der Waals surface area (Å²) in [6.07, 6.45) is 7.75. The molecule has 30 heavy (non-hydrogen) atoms. The van der Waals surface area contributed by atoms with Gasteiger partial charge in [0.15, 0.2) is 0 Å². The summed E-state index contributed by atoms with van der Waals surface area (Å²) < 4.78 is 0. The molecule has 0 atom stereocenters. The number of benzene rings is 1. The first kappa shape index (κ1) is 22.1. The highest BCUT2D eigenvalue weighted by molar-refractivity contribution is 6.31. The van der Waals surface area contributed by atoms with Gasteiger partial charge in [0.2, 0.25) is 11.8 Å². The van der Waals surface area contributed by atoms with Crippen molar-refractivity contribution in [3.63, 3.8) is 0 Å². The Labute approximate surface area is 181 Å². The monoisotopic (exact) mass is 429 g/mol. The maximum absolute atomic E-state index is 12.1. The predicted molar refractivity (Wildman–Crippen MR) is 120 cm³/mol. The van der Waals surface area contributed by atoms with Gasteiger partial charge in [0.05, 0.1) is 5.52 Å². The first-order chi connectivity index (χ1) is 14.5. The Kier molecular flexibility index (Phi) is 8.04. The lowest BCUT2D eigenvalue weighted by atomic mass is 10.1. The molecule has 0 saturated carbocycles. The third-order valence-corrected chi connectivity index (χ3v) is 5.39. The average Bonchev–Trinajstić information content (AvgIpc) is 2.74. The molecule has 4 N–H and O–H groups in total. The van der Waals surface area contributed by atoms with Crippen molar-refractivity contribution >= 4 is 40.0 Å². The van der Waals surface area contributed by atoms with Crippen molar-refractivity contribution in [2.75, 3.05) is 31.5 Å². The van der Waals surface area contributed by atoms with Crippen molar-refractivity contribution in [3.8, 4) is 0 Å². The lowest BCUT2D eigenvalue weighted by molar-refractivity contribution is -0.127. The molecule has 0 spiro atoms. The van der Waals surface area contributed by atoms with Gasteiger partial charge in [-0.05, 0) is 49.9 Å². The van der Waals surface area contributed by atoms with Gasteiger partial charge in [-0.25, -0.2) is 0 Å². The normalized spacial score (nSPS) is 14.9. The second-order valence-electron chi connectivity index (χ2n) is 7.44. The van der Waals surface area contributed by atoms with E-state index in [-0.39, 0.29) is 17.9 Å². The zero-order valence-electron chi connectivity index (χ0n) is 16.9. The number of nitrogens with two attached hydrogens (primary N) is 1. The molecule has 0 bridgehead atoms. The number of amides is 2. The number of nitrogens with zero attached hydrogens (tertiary/aromatic N) is 2. The molecule has 1 aromatic carbocycles. The van der Waals surface area contributed by atoms with Crippen LogP contribution in [0.15, 0.2) is 42.6 Å². The Balaban J connectivity index is 1.32. The molecule has 8 heteroatoms. The number of anilines is 1. The average molecular weight is 430 g/mol. The summed E-state index contributed by atoms with van der Waals surface area (Å²) in [5.41, 5.74) is 7.71. The van der Waals surface area contributed by atoms with E-state index in [2.05, 4.69) is 15.6 Å². The van der Waals surface area contributed by atoms with Crippen LogP contribution in [0.5, 0.6) is 0 Å². The quantitative estimate of drug-likeness (QED) is 0.442. The molecule has 3 rings (SSSR count). The van der Waals surface area contributed by atoms with Crippen molar-refractivity contribution in [3.05, 3.63) is 47.6 Å². The molecule has 1 aromatic heterocycles. The molecule has 1 fully saturated rings. The fourth-order valence-corrected chi connectivity index (χ4v) is 3.56. The van der Waals surface area contributed by atoms with E-state index in [1.165, 1.54) is 12.2 Å². The lowest BCUT2D eigenvalue weighted by Gasteiger charge is -2.29. The van der Waals surface area contributed by atoms with Crippen molar-refractivity contribution in [2.24, 2.45) is 5.73 Å². The van der Waals surface area contributed by atoms with Gasteiger partial charge in [-0.2, -0.15) is 0 Å². The Morgan fingerprint density at radius 3 is 2.73 bits per heavy atom. The molecule has 0 unspecified atom stereocenters. The smallest absolute Gasteiger partial charge is 0.246 e. The van der Waals surface area contributed by atoms with Crippen LogP contribution in [0.25, 0.3) is 10.9 Å². The molecule has 1 saturated heterocycles. The molecule has 0 radical (unpaired) electrons. The summed E-state index contributed by atoms with van der Waals surface area (Å²) in [6.45, 7) is 2.64. The summed E-state index contributed by atoms with van der Waals surface area (Å²) in [5, 5.41) is 7.91. The number of hydrogen-bond donors (Lipinski definition) is 3. The van der Waals surface area contributed by atoms with E-state index in [1.807, 2.05) is 24.3 Å². The highest BCUT2D eigenvalue weighted by Crippen LogP contribution is 2.24. The van der Waals surface area contributed by atoms with Gasteiger partial charge in [0.1, 0.15) is 0 Å². The van der Waals surface area contributed by atoms with Crippen LogP contribution in [0, 0.1) is 0 Å². The Bertz CT molecular complexity index is 910. The van der Waals surface area contributed by atoms with Gasteiger partial charge in [-0.15, -0.1) is 0 Å². The Hall–Kier alpha value is -2.64. The Morgan fingerprint density at radius 2 is 1.93 bits per heavy atom. The second-order valence-corrected chi connectivity index (χ2v) is 7.88. The van der Waals surface area contributed by atoms with Crippen LogP contribution in [0.1, 0.15) is 25.7 Å². The van der Waals surface area contributed by atoms with E-state index in [9.17, 15) is 9.59 Å². The van der Waals surface area contributed by atoms with Gasteiger partial charge in [0, 0.05) is 66.7 Å². The van der Waals surface area contributed by atoms with Gasteiger partial charge in [0.25, 0.3) is 0 Å². The number of halogens is 1. The fraction of sp³-hybridized carbons (Fsp3) is 0.409. The van der Waals surface area contributed by atoms with Gasteiger partial charge >= 0.3 is 0 Å². The summed E-state index contributed by atoms with van der Waals surface area (Å²) in [6, 6.07) is 7.77. The number of rotatable bonds is 8. The SMILES string of the molecule is NC1CCN(C(=O)/C=C/C(=O)NCCCCNc2ccnc3cc(Cl)ccc23)CC1. The zero-order chi connectivity index (χ0) is 21.3. The highest BCUT2D eigenvalue weighted by Gasteiger charge is 2.18. The van der Waals surface area contributed by atoms with Gasteiger partial charge in [-0.1, -0.05) is 11.6 Å². The fourth-order valence-electron chi connectivity index (χ4n) is 3.39. The third kappa shape index (κ3) is 6.43. The minimum Gasteiger partial charge on any atom is -0.384 e. The van der Waals surface area contributed by atoms with E-state index in [1.54, 1.807) is 11.1 Å². The number of fused-ring (bicyclic) bond motifs is 1. The van der Waals surface area contributed by atoms with E-state index < -0.39 is 0 Å². The van der Waals surface area contributed by atoms with Crippen LogP contribution in [-0.2, 0) is 9.59 Å². The molecular weight excluding hydrogens is 402 g/mol. The number of nitrogens with one attached hydrogen (secondary N) is 2. The zero-order valence-corrected chi connectivity index (χ0v) is 17.7. The molecular formula is C22H28ClN5O2. The minimum absolute atomic E-state index is 0.132. The number of piperidine rings is 1. The van der Waals surface area contributed by atoms with Crippen LogP contribution >= 0.6 is 11.6 Å². The van der Waals surface area contributed by atoms with Crippen molar-refractivity contribution in [2.45, 2.75) is 31.7 Å². The molecule has 1 aliphatic rings. The van der Waals surface area contributed by atoms with Crippen molar-refractivity contribution in [1.82, 2.24) is 15.2 Å². The summed E-state index contributed by atoms with van der Waals surface area (Å²) in [7, 11) is 0. The van der Waals surface area contributed by atoms with Crippen LogP contribution in [0.3, 0.4) is 0 Å².